The van der Waals surface area contributed by atoms with Crippen LogP contribution in [0, 0.1) is 11.7 Å². The molecule has 2 aromatic heterocycles. The van der Waals surface area contributed by atoms with Crippen LogP contribution in [-0.4, -0.2) is 45.6 Å². The smallest absolute Gasteiger partial charge is 0.253 e. The number of alkyl halides is 2. The zero-order chi connectivity index (χ0) is 32.0. The van der Waals surface area contributed by atoms with Gasteiger partial charge in [0.25, 0.3) is 11.8 Å². The van der Waals surface area contributed by atoms with Gasteiger partial charge in [-0.3, -0.25) is 9.59 Å². The quantitative estimate of drug-likeness (QED) is 0.185. The van der Waals surface area contributed by atoms with E-state index in [1.165, 1.54) is 17.0 Å². The number of nitrogen functional groups attached to an aromatic ring is 1. The number of fused-ring (bicyclic) bond motifs is 1. The third-order valence-corrected chi connectivity index (χ3v) is 9.27. The molecule has 46 heavy (non-hydrogen) atoms. The molecule has 2 aliphatic rings. The van der Waals surface area contributed by atoms with Crippen LogP contribution in [0.2, 0.25) is 0 Å². The second-order valence-electron chi connectivity index (χ2n) is 12.4. The average Bonchev–Trinajstić information content (AvgIpc) is 3.75. The first-order valence-corrected chi connectivity index (χ1v) is 15.6. The largest absolute Gasteiger partial charge is 0.384 e. The number of hydrogen-bond donors (Lipinski definition) is 2. The van der Waals surface area contributed by atoms with E-state index in [4.69, 9.17) is 5.73 Å². The summed E-state index contributed by atoms with van der Waals surface area (Å²) in [7, 11) is 0. The minimum Gasteiger partial charge on any atom is -0.384 e. The van der Waals surface area contributed by atoms with E-state index < -0.39 is 5.92 Å². The highest BCUT2D eigenvalue weighted by molar-refractivity contribution is 5.99. The van der Waals surface area contributed by atoms with E-state index in [0.29, 0.717) is 24.2 Å². The first-order chi connectivity index (χ1) is 22.1. The van der Waals surface area contributed by atoms with Crippen molar-refractivity contribution in [2.75, 3.05) is 18.8 Å². The van der Waals surface area contributed by atoms with Gasteiger partial charge in [0.15, 0.2) is 0 Å². The van der Waals surface area contributed by atoms with Crippen molar-refractivity contribution in [3.63, 3.8) is 0 Å². The number of ketones is 1. The summed E-state index contributed by atoms with van der Waals surface area (Å²) in [6, 6.07) is 23.3. The number of piperidine rings is 1. The molecule has 6 nitrogen and oxygen atoms in total. The Hall–Kier alpha value is -4.92. The molecule has 234 valence electrons. The van der Waals surface area contributed by atoms with Crippen molar-refractivity contribution in [3.8, 4) is 22.3 Å². The number of aromatic amines is 1. The summed E-state index contributed by atoms with van der Waals surface area (Å²) in [5.41, 5.74) is 12.5. The number of benzene rings is 3. The van der Waals surface area contributed by atoms with Gasteiger partial charge in [-0.2, -0.15) is 0 Å². The summed E-state index contributed by atoms with van der Waals surface area (Å²) in [5.74, 6) is -2.40. The van der Waals surface area contributed by atoms with Crippen LogP contribution in [0.1, 0.15) is 53.2 Å². The number of nitrogens with two attached hydrogens (primary N) is 1. The number of aromatic nitrogens is 2. The first-order valence-electron chi connectivity index (χ1n) is 15.6. The number of likely N-dealkylation sites (tertiary alicyclic amines) is 1. The molecule has 9 heteroatoms. The molecule has 2 fully saturated rings. The number of carbonyl (C=O) groups excluding carboxylic acids is 2. The Bertz CT molecular complexity index is 1910. The molecule has 3 heterocycles. The molecule has 1 amide bonds. The predicted molar refractivity (Wildman–Crippen MR) is 172 cm³/mol. The number of aryl methyl sites for hydroxylation is 1. The van der Waals surface area contributed by atoms with Crippen molar-refractivity contribution in [2.45, 2.75) is 43.9 Å². The lowest BCUT2D eigenvalue weighted by molar-refractivity contribution is -0.120. The number of halogens is 3. The van der Waals surface area contributed by atoms with E-state index in [1.54, 1.807) is 36.5 Å². The number of rotatable bonds is 8. The number of H-pyrrole nitrogens is 1. The standard InChI is InChI=1S/C37H33F3N4O2/c38-28-8-5-23(6-9-28)31-19-26(22-1-3-24(4-2-22)36(46)44-15-13-37(39,40)14-16-44)17-27-18-29(43-35(27)31)10-11-33(45)32-20-30(32)25-7-12-34(41)42-21-25/h1-9,12,17-19,21,30,32,43H,10-11,13-16,20H2,(H2,41,42). The molecule has 1 aliphatic carbocycles. The van der Waals surface area contributed by atoms with E-state index in [1.807, 2.05) is 24.3 Å². The molecule has 1 aliphatic heterocycles. The fourth-order valence-electron chi connectivity index (χ4n) is 6.48. The van der Waals surface area contributed by atoms with Crippen molar-refractivity contribution in [2.24, 2.45) is 5.92 Å². The van der Waals surface area contributed by atoms with Crippen LogP contribution in [0.25, 0.3) is 33.2 Å². The fraction of sp³-hybridized carbons (Fsp3) is 0.270. The van der Waals surface area contributed by atoms with Gasteiger partial charge in [-0.15, -0.1) is 0 Å². The number of anilines is 1. The molecule has 0 radical (unpaired) electrons. The van der Waals surface area contributed by atoms with Gasteiger partial charge in [0, 0.05) is 66.7 Å². The van der Waals surface area contributed by atoms with E-state index in [-0.39, 0.29) is 55.3 Å². The van der Waals surface area contributed by atoms with Gasteiger partial charge in [0.2, 0.25) is 0 Å². The Morgan fingerprint density at radius 1 is 0.913 bits per heavy atom. The van der Waals surface area contributed by atoms with Crippen LogP contribution in [-0.2, 0) is 11.2 Å². The minimum absolute atomic E-state index is 0.00175. The van der Waals surface area contributed by atoms with E-state index in [0.717, 1.165) is 50.8 Å². The second-order valence-corrected chi connectivity index (χ2v) is 12.4. The molecule has 1 saturated heterocycles. The normalized spacial score (nSPS) is 18.9. The number of nitrogens with one attached hydrogen (secondary N) is 1. The van der Waals surface area contributed by atoms with E-state index in [9.17, 15) is 22.8 Å². The minimum atomic E-state index is -2.72. The Morgan fingerprint density at radius 3 is 2.33 bits per heavy atom. The monoisotopic (exact) mass is 622 g/mol. The summed E-state index contributed by atoms with van der Waals surface area (Å²) in [6.07, 6.45) is 2.92. The molecule has 2 unspecified atom stereocenters. The van der Waals surface area contributed by atoms with Gasteiger partial charge in [0.05, 0.1) is 5.52 Å². The third-order valence-electron chi connectivity index (χ3n) is 9.27. The molecule has 3 N–H and O–H groups in total. The number of pyridine rings is 1. The molecule has 2 atom stereocenters. The van der Waals surface area contributed by atoms with Crippen molar-refractivity contribution < 1.29 is 22.8 Å². The molecule has 3 aromatic carbocycles. The van der Waals surface area contributed by atoms with Gasteiger partial charge in [-0.1, -0.05) is 30.3 Å². The Balaban J connectivity index is 1.12. The van der Waals surface area contributed by atoms with Crippen LogP contribution < -0.4 is 5.73 Å². The fourth-order valence-corrected chi connectivity index (χ4v) is 6.48. The zero-order valence-corrected chi connectivity index (χ0v) is 25.1. The van der Waals surface area contributed by atoms with Crippen LogP contribution in [0.3, 0.4) is 0 Å². The maximum absolute atomic E-state index is 13.8. The van der Waals surface area contributed by atoms with Gasteiger partial charge in [0.1, 0.15) is 17.4 Å². The summed E-state index contributed by atoms with van der Waals surface area (Å²) in [4.78, 5) is 35.2. The van der Waals surface area contributed by atoms with Crippen LogP contribution >= 0.6 is 0 Å². The number of carbonyl (C=O) groups is 2. The first kappa shape index (κ1) is 29.8. The molecule has 0 bridgehead atoms. The Kier molecular flexibility index (Phi) is 7.63. The summed E-state index contributed by atoms with van der Waals surface area (Å²) in [6.45, 7) is 0.0714. The van der Waals surface area contributed by atoms with E-state index >= 15 is 0 Å². The Labute approximate surface area is 264 Å². The van der Waals surface area contributed by atoms with E-state index in [2.05, 4.69) is 22.1 Å². The maximum atomic E-state index is 13.8. The average molecular weight is 623 g/mol. The summed E-state index contributed by atoms with van der Waals surface area (Å²) in [5, 5.41) is 0.950. The van der Waals surface area contributed by atoms with Crippen LogP contribution in [0.5, 0.6) is 0 Å². The van der Waals surface area contributed by atoms with Crippen LogP contribution in [0.4, 0.5) is 19.0 Å². The highest BCUT2D eigenvalue weighted by atomic mass is 19.3. The molecular weight excluding hydrogens is 589 g/mol. The van der Waals surface area contributed by atoms with Crippen molar-refractivity contribution in [1.82, 2.24) is 14.9 Å². The Morgan fingerprint density at radius 2 is 1.63 bits per heavy atom. The molecule has 1 saturated carbocycles. The summed E-state index contributed by atoms with van der Waals surface area (Å²) < 4.78 is 41.0. The van der Waals surface area contributed by atoms with Gasteiger partial charge in [-0.25, -0.2) is 18.2 Å². The van der Waals surface area contributed by atoms with Crippen molar-refractivity contribution in [1.29, 1.82) is 0 Å². The van der Waals surface area contributed by atoms with Gasteiger partial charge >= 0.3 is 0 Å². The number of nitrogens with zero attached hydrogens (tertiary/aromatic N) is 2. The lowest BCUT2D eigenvalue weighted by Gasteiger charge is -2.31. The number of Topliss-reactive ketones (excluding diaryl/α,β-unsaturated/α-hetero) is 1. The second kappa shape index (κ2) is 11.8. The molecular formula is C37H33F3N4O2. The molecule has 7 rings (SSSR count). The lowest BCUT2D eigenvalue weighted by atomic mass is 9.95. The highest BCUT2D eigenvalue weighted by Crippen LogP contribution is 2.48. The lowest BCUT2D eigenvalue weighted by Crippen LogP contribution is -2.42. The number of amides is 1. The van der Waals surface area contributed by atoms with Crippen LogP contribution in [0.15, 0.2) is 85.1 Å². The van der Waals surface area contributed by atoms with Crippen molar-refractivity contribution >= 4 is 28.4 Å². The molecule has 5 aromatic rings. The topological polar surface area (TPSA) is 92.1 Å². The SMILES string of the molecule is Nc1ccc(C2CC2C(=O)CCc2cc3cc(-c4ccc(C(=O)N5CCC(F)(F)CC5)cc4)cc(-c4ccc(F)cc4)c3[nH]2)cn1. The molecule has 0 spiro atoms. The highest BCUT2D eigenvalue weighted by Gasteiger charge is 2.43. The van der Waals surface area contributed by atoms with Gasteiger partial charge in [-0.05, 0) is 89.5 Å². The number of hydrogen-bond acceptors (Lipinski definition) is 4. The third kappa shape index (κ3) is 6.14. The zero-order valence-electron chi connectivity index (χ0n) is 25.1. The predicted octanol–water partition coefficient (Wildman–Crippen LogP) is 7.79. The van der Waals surface area contributed by atoms with Crippen molar-refractivity contribution in [3.05, 3.63) is 108 Å². The maximum Gasteiger partial charge on any atom is 0.253 e. The summed E-state index contributed by atoms with van der Waals surface area (Å²) >= 11 is 0. The van der Waals surface area contributed by atoms with Gasteiger partial charge < -0.3 is 15.6 Å².